The van der Waals surface area contributed by atoms with E-state index in [9.17, 15) is 19.2 Å². The zero-order chi connectivity index (χ0) is 30.3. The van der Waals surface area contributed by atoms with E-state index in [0.29, 0.717) is 11.3 Å². The number of hydrogen-bond acceptors (Lipinski definition) is 10. The number of ether oxygens (including phenoxy) is 5. The van der Waals surface area contributed by atoms with Gasteiger partial charge in [0.15, 0.2) is 11.5 Å². The highest BCUT2D eigenvalue weighted by molar-refractivity contribution is 5.81. The van der Waals surface area contributed by atoms with Gasteiger partial charge in [0.25, 0.3) is 0 Å². The van der Waals surface area contributed by atoms with Gasteiger partial charge in [-0.3, -0.25) is 14.4 Å². The van der Waals surface area contributed by atoms with Crippen LogP contribution in [0.4, 0.5) is 4.79 Å². The lowest BCUT2D eigenvalue weighted by molar-refractivity contribution is -0.155. The minimum absolute atomic E-state index is 0.0305. The number of carbonyl (C=O) groups is 4. The summed E-state index contributed by atoms with van der Waals surface area (Å²) in [5.74, 6) is -1.35. The standard InChI is InChI=1S/C30H39NO9/c1-18(19(2)37-28(35)38-21-12-10-9-11-13-21)36-25(32)22(31)16-20-14-15-23(39-26(33)29(3,4)5)24(17-20)40-27(34)30(6,7)8/h9-15,17-19,22H,16,31H2,1-8H3/t18-,19-,22-/m0/s1. The van der Waals surface area contributed by atoms with E-state index >= 15 is 0 Å². The monoisotopic (exact) mass is 557 g/mol. The number of benzene rings is 2. The number of para-hydroxylation sites is 1. The molecule has 218 valence electrons. The van der Waals surface area contributed by atoms with Crippen LogP contribution in [0.5, 0.6) is 17.2 Å². The maximum absolute atomic E-state index is 12.7. The van der Waals surface area contributed by atoms with Crippen molar-refractivity contribution in [2.75, 3.05) is 0 Å². The van der Waals surface area contributed by atoms with Crippen LogP contribution in [-0.4, -0.2) is 42.3 Å². The number of carbonyl (C=O) groups excluding carboxylic acids is 4. The highest BCUT2D eigenvalue weighted by Gasteiger charge is 2.29. The molecule has 10 heteroatoms. The summed E-state index contributed by atoms with van der Waals surface area (Å²) in [6.45, 7) is 13.3. The van der Waals surface area contributed by atoms with E-state index in [-0.39, 0.29) is 17.9 Å². The van der Waals surface area contributed by atoms with Gasteiger partial charge in [-0.1, -0.05) is 24.3 Å². The number of rotatable bonds is 9. The van der Waals surface area contributed by atoms with E-state index in [1.807, 2.05) is 0 Å². The van der Waals surface area contributed by atoms with Crippen molar-refractivity contribution in [1.82, 2.24) is 0 Å². The Morgan fingerprint density at radius 1 is 0.725 bits per heavy atom. The second-order valence-corrected chi connectivity index (χ2v) is 11.5. The topological polar surface area (TPSA) is 140 Å². The van der Waals surface area contributed by atoms with E-state index in [2.05, 4.69) is 0 Å². The predicted octanol–water partition coefficient (Wildman–Crippen LogP) is 5.00. The smallest absolute Gasteiger partial charge is 0.458 e. The van der Waals surface area contributed by atoms with Gasteiger partial charge in [0.05, 0.1) is 10.8 Å². The van der Waals surface area contributed by atoms with Crippen LogP contribution < -0.4 is 19.9 Å². The third-order valence-corrected chi connectivity index (χ3v) is 5.59. The average Bonchev–Trinajstić information content (AvgIpc) is 2.84. The summed E-state index contributed by atoms with van der Waals surface area (Å²) in [6.07, 6.45) is -2.53. The summed E-state index contributed by atoms with van der Waals surface area (Å²) in [4.78, 5) is 49.7. The van der Waals surface area contributed by atoms with Crippen molar-refractivity contribution in [3.63, 3.8) is 0 Å². The van der Waals surface area contributed by atoms with Crippen LogP contribution in [-0.2, 0) is 30.3 Å². The maximum Gasteiger partial charge on any atom is 0.514 e. The van der Waals surface area contributed by atoms with Gasteiger partial charge >= 0.3 is 24.1 Å². The van der Waals surface area contributed by atoms with E-state index in [1.165, 1.54) is 12.1 Å². The molecule has 0 saturated heterocycles. The summed E-state index contributed by atoms with van der Waals surface area (Å²) >= 11 is 0. The lowest BCUT2D eigenvalue weighted by atomic mass is 9.97. The molecule has 2 N–H and O–H groups in total. The summed E-state index contributed by atoms with van der Waals surface area (Å²) in [6, 6.07) is 11.9. The van der Waals surface area contributed by atoms with Crippen LogP contribution in [0.1, 0.15) is 61.0 Å². The Hall–Kier alpha value is -3.92. The Kier molecular flexibility index (Phi) is 10.8. The van der Waals surface area contributed by atoms with Crippen LogP contribution in [0.15, 0.2) is 48.5 Å². The molecule has 0 aliphatic heterocycles. The first-order valence-corrected chi connectivity index (χ1v) is 12.9. The molecule has 0 aliphatic carbocycles. The second kappa shape index (κ2) is 13.4. The summed E-state index contributed by atoms with van der Waals surface area (Å²) < 4.78 is 26.7. The molecule has 0 fully saturated rings. The fraction of sp³-hybridized carbons (Fsp3) is 0.467. The first kappa shape index (κ1) is 32.3. The number of nitrogens with two attached hydrogens (primary N) is 1. The number of hydrogen-bond donors (Lipinski definition) is 1. The fourth-order valence-electron chi connectivity index (χ4n) is 2.91. The van der Waals surface area contributed by atoms with Gasteiger partial charge < -0.3 is 29.4 Å². The summed E-state index contributed by atoms with van der Waals surface area (Å²) in [5.41, 5.74) is 5.04. The van der Waals surface area contributed by atoms with E-state index < -0.39 is 53.1 Å². The van der Waals surface area contributed by atoms with Gasteiger partial charge in [-0.05, 0) is 91.6 Å². The van der Waals surface area contributed by atoms with Crippen molar-refractivity contribution in [2.45, 2.75) is 80.1 Å². The fourth-order valence-corrected chi connectivity index (χ4v) is 2.91. The predicted molar refractivity (Wildman–Crippen MR) is 147 cm³/mol. The van der Waals surface area contributed by atoms with Crippen LogP contribution in [0.3, 0.4) is 0 Å². The van der Waals surface area contributed by atoms with Gasteiger partial charge in [0, 0.05) is 0 Å². The SMILES string of the molecule is C[C@H](OC(=O)Oc1ccccc1)[C@H](C)OC(=O)[C@@H](N)Cc1ccc(OC(=O)C(C)(C)C)c(OC(=O)C(C)(C)C)c1. The molecule has 0 saturated carbocycles. The Labute approximate surface area is 235 Å². The van der Waals surface area contributed by atoms with Crippen molar-refractivity contribution in [1.29, 1.82) is 0 Å². The van der Waals surface area contributed by atoms with Crippen molar-refractivity contribution in [3.8, 4) is 17.2 Å². The largest absolute Gasteiger partial charge is 0.514 e. The second-order valence-electron chi connectivity index (χ2n) is 11.5. The molecule has 0 bridgehead atoms. The van der Waals surface area contributed by atoms with Crippen LogP contribution in [0.25, 0.3) is 0 Å². The van der Waals surface area contributed by atoms with Crippen LogP contribution in [0.2, 0.25) is 0 Å². The quantitative estimate of drug-likeness (QED) is 0.254. The van der Waals surface area contributed by atoms with Gasteiger partial charge in [-0.15, -0.1) is 0 Å². The van der Waals surface area contributed by atoms with Gasteiger partial charge in [0.1, 0.15) is 24.0 Å². The molecule has 0 aliphatic rings. The molecular formula is C30H39NO9. The molecule has 10 nitrogen and oxygen atoms in total. The highest BCUT2D eigenvalue weighted by atomic mass is 16.7. The minimum atomic E-state index is -1.08. The third kappa shape index (κ3) is 10.00. The molecule has 40 heavy (non-hydrogen) atoms. The van der Waals surface area contributed by atoms with Crippen molar-refractivity contribution >= 4 is 24.1 Å². The van der Waals surface area contributed by atoms with E-state index in [4.69, 9.17) is 29.4 Å². The molecule has 0 heterocycles. The maximum atomic E-state index is 12.7. The minimum Gasteiger partial charge on any atom is -0.458 e. The highest BCUT2D eigenvalue weighted by Crippen LogP contribution is 2.33. The molecule has 0 radical (unpaired) electrons. The third-order valence-electron chi connectivity index (χ3n) is 5.59. The Morgan fingerprint density at radius 3 is 1.80 bits per heavy atom. The van der Waals surface area contributed by atoms with E-state index in [1.54, 1.807) is 91.8 Å². The molecule has 2 rings (SSSR count). The molecule has 0 unspecified atom stereocenters. The lowest BCUT2D eigenvalue weighted by Gasteiger charge is -2.22. The molecule has 0 amide bonds. The molecule has 3 atom stereocenters. The molecule has 0 aromatic heterocycles. The first-order valence-electron chi connectivity index (χ1n) is 12.9. The lowest BCUT2D eigenvalue weighted by Crippen LogP contribution is -2.39. The normalized spacial score (nSPS) is 13.8. The van der Waals surface area contributed by atoms with Gasteiger partial charge in [-0.2, -0.15) is 0 Å². The van der Waals surface area contributed by atoms with Gasteiger partial charge in [0.2, 0.25) is 0 Å². The molecule has 2 aromatic rings. The van der Waals surface area contributed by atoms with Crippen molar-refractivity contribution in [3.05, 3.63) is 54.1 Å². The Bertz CT molecular complexity index is 1200. The zero-order valence-electron chi connectivity index (χ0n) is 24.3. The molecule has 2 aromatic carbocycles. The zero-order valence-corrected chi connectivity index (χ0v) is 24.3. The average molecular weight is 558 g/mol. The first-order chi connectivity index (χ1) is 18.5. The summed E-state index contributed by atoms with van der Waals surface area (Å²) in [5, 5.41) is 0. The Morgan fingerprint density at radius 2 is 1.25 bits per heavy atom. The Balaban J connectivity index is 2.06. The van der Waals surface area contributed by atoms with Crippen molar-refractivity contribution < 1.29 is 42.9 Å². The van der Waals surface area contributed by atoms with Crippen molar-refractivity contribution in [2.24, 2.45) is 16.6 Å². The molecule has 0 spiro atoms. The summed E-state index contributed by atoms with van der Waals surface area (Å²) in [7, 11) is 0. The number of esters is 3. The van der Waals surface area contributed by atoms with Crippen LogP contribution >= 0.6 is 0 Å². The van der Waals surface area contributed by atoms with E-state index in [0.717, 1.165) is 0 Å². The van der Waals surface area contributed by atoms with Gasteiger partial charge in [-0.25, -0.2) is 4.79 Å². The van der Waals surface area contributed by atoms with Crippen LogP contribution in [0, 0.1) is 10.8 Å². The molecular weight excluding hydrogens is 518 g/mol.